The first-order chi connectivity index (χ1) is 12.9. The number of carbonyl (C=O) groups excluding carboxylic acids is 1. The van der Waals surface area contributed by atoms with Gasteiger partial charge in [0.1, 0.15) is 17.7 Å². The Hall–Kier alpha value is -1.58. The minimum absolute atomic E-state index is 0. The van der Waals surface area contributed by atoms with E-state index in [1.165, 1.54) is 12.1 Å². The number of amides is 1. The summed E-state index contributed by atoms with van der Waals surface area (Å²) in [4.78, 5) is 18.3. The molecule has 1 aliphatic rings. The zero-order valence-electron chi connectivity index (χ0n) is 17.1. The molecule has 1 aromatic rings. The van der Waals surface area contributed by atoms with Gasteiger partial charge in [0.2, 0.25) is 5.91 Å². The topological polar surface area (TPSA) is 66.0 Å². The number of nitrogens with one attached hydrogen (secondary N) is 2. The van der Waals surface area contributed by atoms with E-state index in [4.69, 9.17) is 4.74 Å². The molecule has 0 saturated carbocycles. The molecule has 1 aromatic carbocycles. The van der Waals surface area contributed by atoms with E-state index in [0.29, 0.717) is 18.3 Å². The van der Waals surface area contributed by atoms with E-state index < -0.39 is 0 Å². The molecular weight excluding hydrogens is 474 g/mol. The number of halogens is 2. The van der Waals surface area contributed by atoms with Crippen LogP contribution in [0.2, 0.25) is 0 Å². The molecule has 1 unspecified atom stereocenters. The van der Waals surface area contributed by atoms with Crippen molar-refractivity contribution in [1.29, 1.82) is 0 Å². The summed E-state index contributed by atoms with van der Waals surface area (Å²) in [7, 11) is 1.73. The fourth-order valence-corrected chi connectivity index (χ4v) is 3.05. The Kier molecular flexibility index (Phi) is 10.6. The second-order valence-electron chi connectivity index (χ2n) is 7.24. The van der Waals surface area contributed by atoms with Gasteiger partial charge in [-0.2, -0.15) is 0 Å². The lowest BCUT2D eigenvalue weighted by Gasteiger charge is -2.34. The Bertz CT molecular complexity index is 649. The molecule has 1 aliphatic heterocycles. The van der Waals surface area contributed by atoms with Crippen molar-refractivity contribution < 1.29 is 13.9 Å². The zero-order chi connectivity index (χ0) is 19.8. The number of carbonyl (C=O) groups is 1. The summed E-state index contributed by atoms with van der Waals surface area (Å²) < 4.78 is 18.9. The van der Waals surface area contributed by atoms with E-state index in [1.54, 1.807) is 19.2 Å². The number of aliphatic imine (C=N–C) groups is 1. The lowest BCUT2D eigenvalue weighted by molar-refractivity contribution is -0.135. The Balaban J connectivity index is 0.00000392. The highest BCUT2D eigenvalue weighted by Gasteiger charge is 2.24. The Labute approximate surface area is 184 Å². The second kappa shape index (κ2) is 12.1. The predicted octanol–water partition coefficient (Wildman–Crippen LogP) is 3.02. The molecule has 1 saturated heterocycles. The summed E-state index contributed by atoms with van der Waals surface area (Å²) in [6, 6.07) is 6.41. The Morgan fingerprint density at radius 3 is 2.57 bits per heavy atom. The molecule has 0 aromatic heterocycles. The van der Waals surface area contributed by atoms with Crippen molar-refractivity contribution in [3.63, 3.8) is 0 Å². The first kappa shape index (κ1) is 24.5. The van der Waals surface area contributed by atoms with Crippen LogP contribution in [0.4, 0.5) is 4.39 Å². The van der Waals surface area contributed by atoms with Crippen LogP contribution in [0, 0.1) is 11.7 Å². The SMILES string of the molecule is CN=C(NCC(C)Oc1cccc(F)c1)NC1CCN(C(=O)C(C)C)CC1.I. The highest BCUT2D eigenvalue weighted by molar-refractivity contribution is 14.0. The van der Waals surface area contributed by atoms with Crippen LogP contribution in [0.5, 0.6) is 5.75 Å². The maximum atomic E-state index is 13.2. The molecule has 0 radical (unpaired) electrons. The highest BCUT2D eigenvalue weighted by atomic mass is 127. The lowest BCUT2D eigenvalue weighted by atomic mass is 10.0. The number of hydrogen-bond donors (Lipinski definition) is 2. The molecular formula is C20H32FIN4O2. The second-order valence-corrected chi connectivity index (χ2v) is 7.24. The van der Waals surface area contributed by atoms with E-state index in [9.17, 15) is 9.18 Å². The predicted molar refractivity (Wildman–Crippen MR) is 121 cm³/mol. The van der Waals surface area contributed by atoms with Gasteiger partial charge in [0.25, 0.3) is 0 Å². The fourth-order valence-electron chi connectivity index (χ4n) is 3.05. The quantitative estimate of drug-likeness (QED) is 0.354. The van der Waals surface area contributed by atoms with Gasteiger partial charge in [0.15, 0.2) is 5.96 Å². The van der Waals surface area contributed by atoms with Crippen LogP contribution in [0.1, 0.15) is 33.6 Å². The molecule has 28 heavy (non-hydrogen) atoms. The molecule has 1 heterocycles. The Morgan fingerprint density at radius 1 is 1.32 bits per heavy atom. The van der Waals surface area contributed by atoms with Crippen molar-refractivity contribution in [3.05, 3.63) is 30.1 Å². The molecule has 0 spiro atoms. The summed E-state index contributed by atoms with van der Waals surface area (Å²) in [6.07, 6.45) is 1.65. The van der Waals surface area contributed by atoms with Crippen LogP contribution in [0.25, 0.3) is 0 Å². The van der Waals surface area contributed by atoms with Crippen LogP contribution < -0.4 is 15.4 Å². The van der Waals surface area contributed by atoms with E-state index in [0.717, 1.165) is 25.9 Å². The maximum absolute atomic E-state index is 13.2. The first-order valence-electron chi connectivity index (χ1n) is 9.57. The van der Waals surface area contributed by atoms with Crippen molar-refractivity contribution in [2.75, 3.05) is 26.7 Å². The normalized spacial score (nSPS) is 16.4. The van der Waals surface area contributed by atoms with Gasteiger partial charge < -0.3 is 20.3 Å². The third kappa shape index (κ3) is 7.81. The van der Waals surface area contributed by atoms with Crippen molar-refractivity contribution in [2.45, 2.75) is 45.8 Å². The number of benzene rings is 1. The van der Waals surface area contributed by atoms with Crippen molar-refractivity contribution in [2.24, 2.45) is 10.9 Å². The van der Waals surface area contributed by atoms with Gasteiger partial charge in [-0.25, -0.2) is 4.39 Å². The minimum Gasteiger partial charge on any atom is -0.489 e. The fraction of sp³-hybridized carbons (Fsp3) is 0.600. The van der Waals surface area contributed by atoms with E-state index in [2.05, 4.69) is 15.6 Å². The average molecular weight is 506 g/mol. The van der Waals surface area contributed by atoms with E-state index in [-0.39, 0.29) is 53.8 Å². The molecule has 1 atom stereocenters. The summed E-state index contributed by atoms with van der Waals surface area (Å²) in [5.74, 6) is 1.17. The average Bonchev–Trinajstić information content (AvgIpc) is 2.65. The number of hydrogen-bond acceptors (Lipinski definition) is 3. The number of rotatable bonds is 6. The Morgan fingerprint density at radius 2 is 2.00 bits per heavy atom. The third-order valence-corrected chi connectivity index (χ3v) is 4.56. The van der Waals surface area contributed by atoms with Crippen molar-refractivity contribution >= 4 is 35.8 Å². The largest absolute Gasteiger partial charge is 0.489 e. The van der Waals surface area contributed by atoms with Gasteiger partial charge in [-0.3, -0.25) is 9.79 Å². The number of nitrogens with zero attached hydrogens (tertiary/aromatic N) is 2. The summed E-state index contributed by atoms with van der Waals surface area (Å²) in [5, 5.41) is 6.65. The minimum atomic E-state index is -0.313. The monoisotopic (exact) mass is 506 g/mol. The lowest BCUT2D eigenvalue weighted by Crippen LogP contribution is -2.51. The van der Waals surface area contributed by atoms with Crippen LogP contribution in [0.15, 0.2) is 29.3 Å². The smallest absolute Gasteiger partial charge is 0.225 e. The van der Waals surface area contributed by atoms with E-state index in [1.807, 2.05) is 25.7 Å². The maximum Gasteiger partial charge on any atom is 0.225 e. The molecule has 0 bridgehead atoms. The summed E-state index contributed by atoms with van der Waals surface area (Å²) in [6.45, 7) is 7.87. The van der Waals surface area contributed by atoms with Gasteiger partial charge >= 0.3 is 0 Å². The molecule has 158 valence electrons. The zero-order valence-corrected chi connectivity index (χ0v) is 19.4. The standard InChI is InChI=1S/C20H31FN4O2.HI/c1-14(2)19(26)25-10-8-17(9-11-25)24-20(22-4)23-13-15(3)27-18-7-5-6-16(21)12-18;/h5-7,12,14-15,17H,8-11,13H2,1-4H3,(H2,22,23,24);1H. The highest BCUT2D eigenvalue weighted by Crippen LogP contribution is 2.14. The number of likely N-dealkylation sites (tertiary alicyclic amines) is 1. The van der Waals surface area contributed by atoms with Gasteiger partial charge in [0, 0.05) is 38.2 Å². The van der Waals surface area contributed by atoms with Gasteiger partial charge in [0.05, 0.1) is 6.54 Å². The van der Waals surface area contributed by atoms with E-state index >= 15 is 0 Å². The summed E-state index contributed by atoms with van der Waals surface area (Å²) >= 11 is 0. The molecule has 1 fully saturated rings. The summed E-state index contributed by atoms with van der Waals surface area (Å²) in [5.41, 5.74) is 0. The number of guanidine groups is 1. The molecule has 1 amide bonds. The van der Waals surface area contributed by atoms with Gasteiger partial charge in [-0.1, -0.05) is 19.9 Å². The molecule has 2 rings (SSSR count). The van der Waals surface area contributed by atoms with Crippen LogP contribution in [0.3, 0.4) is 0 Å². The van der Waals surface area contributed by atoms with Crippen molar-refractivity contribution in [3.8, 4) is 5.75 Å². The third-order valence-electron chi connectivity index (χ3n) is 4.56. The first-order valence-corrected chi connectivity index (χ1v) is 9.57. The van der Waals surface area contributed by atoms with Crippen molar-refractivity contribution in [1.82, 2.24) is 15.5 Å². The van der Waals surface area contributed by atoms with Gasteiger partial charge in [-0.15, -0.1) is 24.0 Å². The molecule has 6 nitrogen and oxygen atoms in total. The van der Waals surface area contributed by atoms with Crippen LogP contribution in [-0.4, -0.2) is 55.6 Å². The molecule has 8 heteroatoms. The molecule has 0 aliphatic carbocycles. The number of ether oxygens (including phenoxy) is 1. The molecule has 2 N–H and O–H groups in total. The van der Waals surface area contributed by atoms with Gasteiger partial charge in [-0.05, 0) is 31.9 Å². The number of piperidine rings is 1. The van der Waals surface area contributed by atoms with Crippen LogP contribution in [-0.2, 0) is 4.79 Å². The van der Waals surface area contributed by atoms with Crippen LogP contribution >= 0.6 is 24.0 Å².